The van der Waals surface area contributed by atoms with E-state index in [-0.39, 0.29) is 6.61 Å². The van der Waals surface area contributed by atoms with E-state index in [1.165, 1.54) is 0 Å². The molecule has 11 heavy (non-hydrogen) atoms. The van der Waals surface area contributed by atoms with Gasteiger partial charge in [0.15, 0.2) is 3.42 Å². The quantitative estimate of drug-likeness (QED) is 0.709. The van der Waals surface area contributed by atoms with Crippen LogP contribution in [0.2, 0.25) is 0 Å². The lowest BCUT2D eigenvalue weighted by Gasteiger charge is -2.35. The van der Waals surface area contributed by atoms with Crippen molar-refractivity contribution in [3.63, 3.8) is 0 Å². The highest BCUT2D eigenvalue weighted by Gasteiger charge is 2.44. The van der Waals surface area contributed by atoms with Gasteiger partial charge in [-0.3, -0.25) is 3.83 Å². The van der Waals surface area contributed by atoms with Gasteiger partial charge < -0.3 is 5.11 Å². The van der Waals surface area contributed by atoms with Gasteiger partial charge in [-0.15, -0.1) is 0 Å². The van der Waals surface area contributed by atoms with Crippen LogP contribution in [0.4, 0.5) is 0 Å². The molecule has 0 aromatic rings. The van der Waals surface area contributed by atoms with E-state index < -0.39 is 8.83 Å². The maximum atomic E-state index is 9.06. The summed E-state index contributed by atoms with van der Waals surface area (Å²) in [5.41, 5.74) is -0.434. The van der Waals surface area contributed by atoms with E-state index in [4.69, 9.17) is 8.93 Å². The van der Waals surface area contributed by atoms with Crippen LogP contribution in [-0.4, -0.2) is 20.5 Å². The first-order chi connectivity index (χ1) is 4.93. The van der Waals surface area contributed by atoms with E-state index in [1.807, 2.05) is 6.92 Å². The SMILES string of the molecule is CC(CO)(CBr)C(Br)(Br)OBr. The largest absolute Gasteiger partial charge is 0.396 e. The smallest absolute Gasteiger partial charge is 0.199 e. The molecule has 0 saturated heterocycles. The number of hydrogen-bond donors (Lipinski definition) is 1. The Kier molecular flexibility index (Phi) is 5.73. The number of hydrogen-bond acceptors (Lipinski definition) is 2. The highest BCUT2D eigenvalue weighted by atomic mass is 79.9. The Hall–Kier alpha value is 1.84. The summed E-state index contributed by atoms with van der Waals surface area (Å²) < 4.78 is 4.18. The standard InChI is InChI=1S/C5H8Br4O2/c1-4(2-6,3-10)5(7,8)11-9/h10H,2-3H2,1H3. The number of halogens is 4. The molecule has 0 aromatic carbocycles. The van der Waals surface area contributed by atoms with Crippen LogP contribution in [0.1, 0.15) is 6.92 Å². The van der Waals surface area contributed by atoms with Crippen molar-refractivity contribution in [1.82, 2.24) is 0 Å². The summed E-state index contributed by atoms with van der Waals surface area (Å²) in [5.74, 6) is 0. The van der Waals surface area contributed by atoms with E-state index in [0.717, 1.165) is 0 Å². The van der Waals surface area contributed by atoms with Crippen LogP contribution >= 0.6 is 64.0 Å². The molecule has 0 heterocycles. The molecule has 0 aliphatic rings. The second-order valence-corrected chi connectivity index (χ2v) is 6.63. The summed E-state index contributed by atoms with van der Waals surface area (Å²) in [7, 11) is 0. The lowest BCUT2D eigenvalue weighted by atomic mass is 9.96. The highest BCUT2D eigenvalue weighted by Crippen LogP contribution is 2.47. The number of rotatable bonds is 4. The van der Waals surface area contributed by atoms with Crippen LogP contribution < -0.4 is 0 Å². The predicted molar refractivity (Wildman–Crippen MR) is 59.6 cm³/mol. The molecule has 0 bridgehead atoms. The minimum absolute atomic E-state index is 0.000347. The van der Waals surface area contributed by atoms with Gasteiger partial charge in [0.25, 0.3) is 0 Å². The van der Waals surface area contributed by atoms with Gasteiger partial charge in [-0.1, -0.05) is 22.9 Å². The maximum absolute atomic E-state index is 9.06. The molecular formula is C5H8Br4O2. The predicted octanol–water partition coefficient (Wildman–Crippen LogP) is 3.15. The Balaban J connectivity index is 4.47. The van der Waals surface area contributed by atoms with Crippen molar-refractivity contribution < 1.29 is 8.93 Å². The summed E-state index contributed by atoms with van der Waals surface area (Å²) >= 11 is 12.7. The fraction of sp³-hybridized carbons (Fsp3) is 1.00. The zero-order valence-corrected chi connectivity index (χ0v) is 12.1. The van der Waals surface area contributed by atoms with Gasteiger partial charge in [0, 0.05) is 5.33 Å². The van der Waals surface area contributed by atoms with Gasteiger partial charge in [-0.05, 0) is 31.9 Å². The molecule has 68 valence electrons. The molecule has 0 radical (unpaired) electrons. The second kappa shape index (κ2) is 4.91. The minimum atomic E-state index is -0.759. The zero-order chi connectivity index (χ0) is 9.12. The molecule has 0 aliphatic carbocycles. The first kappa shape index (κ1) is 12.8. The molecule has 1 N–H and O–H groups in total. The third kappa shape index (κ3) is 2.91. The van der Waals surface area contributed by atoms with Crippen molar-refractivity contribution in [2.75, 3.05) is 11.9 Å². The third-order valence-electron chi connectivity index (χ3n) is 1.44. The molecule has 1 unspecified atom stereocenters. The van der Waals surface area contributed by atoms with Gasteiger partial charge >= 0.3 is 0 Å². The Bertz CT molecular complexity index is 124. The maximum Gasteiger partial charge on any atom is 0.199 e. The average Bonchev–Trinajstić information content (AvgIpc) is 2.02. The molecule has 2 nitrogen and oxygen atoms in total. The summed E-state index contributed by atoms with van der Waals surface area (Å²) in [6.07, 6.45) is 0. The molecule has 0 fully saturated rings. The summed E-state index contributed by atoms with van der Waals surface area (Å²) in [6.45, 7) is 1.87. The molecular weight excluding hydrogens is 412 g/mol. The first-order valence-electron chi connectivity index (χ1n) is 2.78. The Labute approximate surface area is 99.9 Å². The lowest BCUT2D eigenvalue weighted by molar-refractivity contribution is 0.0879. The van der Waals surface area contributed by atoms with Gasteiger partial charge in [0.05, 0.1) is 12.0 Å². The molecule has 0 amide bonds. The van der Waals surface area contributed by atoms with Gasteiger partial charge in [0.1, 0.15) is 16.3 Å². The van der Waals surface area contributed by atoms with E-state index in [0.29, 0.717) is 5.33 Å². The third-order valence-corrected chi connectivity index (χ3v) is 6.27. The van der Waals surface area contributed by atoms with Crippen molar-refractivity contribution in [3.05, 3.63) is 0 Å². The van der Waals surface area contributed by atoms with Crippen LogP contribution in [0, 0.1) is 5.41 Å². The van der Waals surface area contributed by atoms with Crippen LogP contribution in [-0.2, 0) is 3.83 Å². The molecule has 0 spiro atoms. The Morgan fingerprint density at radius 3 is 2.00 bits per heavy atom. The molecule has 0 rings (SSSR count). The molecule has 0 aromatic heterocycles. The lowest BCUT2D eigenvalue weighted by Crippen LogP contribution is -2.41. The van der Waals surface area contributed by atoms with Crippen molar-refractivity contribution in [2.45, 2.75) is 10.3 Å². The van der Waals surface area contributed by atoms with E-state index in [2.05, 4.69) is 64.0 Å². The average molecular weight is 420 g/mol. The molecule has 0 aliphatic heterocycles. The number of aliphatic hydroxyl groups is 1. The fourth-order valence-corrected chi connectivity index (χ4v) is 2.55. The topological polar surface area (TPSA) is 29.5 Å². The summed E-state index contributed by atoms with van der Waals surface area (Å²) in [5, 5.41) is 9.67. The summed E-state index contributed by atoms with van der Waals surface area (Å²) in [4.78, 5) is 0. The van der Waals surface area contributed by atoms with Crippen LogP contribution in [0.15, 0.2) is 0 Å². The number of alkyl halides is 3. The van der Waals surface area contributed by atoms with E-state index in [9.17, 15) is 0 Å². The van der Waals surface area contributed by atoms with Crippen molar-refractivity contribution in [3.8, 4) is 0 Å². The highest BCUT2D eigenvalue weighted by molar-refractivity contribution is 9.25. The minimum Gasteiger partial charge on any atom is -0.396 e. The normalized spacial score (nSPS) is 18.0. The van der Waals surface area contributed by atoms with E-state index in [1.54, 1.807) is 0 Å². The van der Waals surface area contributed by atoms with E-state index >= 15 is 0 Å². The second-order valence-electron chi connectivity index (χ2n) is 2.45. The van der Waals surface area contributed by atoms with Crippen LogP contribution in [0.5, 0.6) is 0 Å². The first-order valence-corrected chi connectivity index (χ1v) is 6.13. The van der Waals surface area contributed by atoms with Crippen molar-refractivity contribution in [1.29, 1.82) is 0 Å². The van der Waals surface area contributed by atoms with Gasteiger partial charge in [-0.2, -0.15) is 0 Å². The van der Waals surface area contributed by atoms with Crippen molar-refractivity contribution >= 4 is 64.0 Å². The van der Waals surface area contributed by atoms with Gasteiger partial charge in [0.2, 0.25) is 0 Å². The van der Waals surface area contributed by atoms with Gasteiger partial charge in [-0.25, -0.2) is 0 Å². The number of aliphatic hydroxyl groups excluding tert-OH is 1. The van der Waals surface area contributed by atoms with Crippen LogP contribution in [0.25, 0.3) is 0 Å². The zero-order valence-electron chi connectivity index (χ0n) is 5.78. The monoisotopic (exact) mass is 416 g/mol. The Morgan fingerprint density at radius 1 is 1.45 bits per heavy atom. The van der Waals surface area contributed by atoms with Crippen molar-refractivity contribution in [2.24, 2.45) is 5.41 Å². The Morgan fingerprint density at radius 2 is 1.91 bits per heavy atom. The summed E-state index contributed by atoms with van der Waals surface area (Å²) in [6, 6.07) is 0. The van der Waals surface area contributed by atoms with Crippen LogP contribution in [0.3, 0.4) is 0 Å². The molecule has 0 saturated carbocycles. The molecule has 6 heteroatoms. The fourth-order valence-electron chi connectivity index (χ4n) is 0.305. The molecule has 1 atom stereocenters.